The number of rotatable bonds is 11. The molecule has 1 aromatic heterocycles. The van der Waals surface area contributed by atoms with Crippen molar-refractivity contribution < 1.29 is 32.7 Å². The lowest BCUT2D eigenvalue weighted by atomic mass is 9.76. The van der Waals surface area contributed by atoms with Gasteiger partial charge in [0, 0.05) is 49.7 Å². The molecule has 236 valence electrons. The van der Waals surface area contributed by atoms with E-state index in [2.05, 4.69) is 5.32 Å². The minimum atomic E-state index is -0.547. The van der Waals surface area contributed by atoms with Crippen LogP contribution in [0.5, 0.6) is 0 Å². The van der Waals surface area contributed by atoms with Gasteiger partial charge >= 0.3 is 5.97 Å². The van der Waals surface area contributed by atoms with Crippen molar-refractivity contribution in [2.45, 2.75) is 82.7 Å². The molecule has 2 aromatic rings. The summed E-state index contributed by atoms with van der Waals surface area (Å²) in [6.45, 7) is 0.777. The molecule has 1 aromatic carbocycles. The number of nitrogens with two attached hydrogens (primary N) is 1. The number of carbonyl (C=O) groups is 3. The van der Waals surface area contributed by atoms with Gasteiger partial charge in [-0.05, 0) is 74.1 Å². The van der Waals surface area contributed by atoms with E-state index in [-0.39, 0.29) is 41.9 Å². The molecule has 9 nitrogen and oxygen atoms in total. The van der Waals surface area contributed by atoms with Gasteiger partial charge in [0.2, 0.25) is 17.6 Å². The summed E-state index contributed by atoms with van der Waals surface area (Å²) in [6.07, 6.45) is 10.0. The highest BCUT2D eigenvalue weighted by molar-refractivity contribution is 6.00. The normalized spacial score (nSPS) is 25.5. The van der Waals surface area contributed by atoms with E-state index in [1.54, 1.807) is 31.4 Å². The molecule has 3 aliphatic rings. The number of hydrogen-bond acceptors (Lipinski definition) is 7. The second-order valence-electron chi connectivity index (χ2n) is 12.6. The molecule has 2 amide bonds. The van der Waals surface area contributed by atoms with E-state index in [1.807, 2.05) is 4.90 Å². The number of fused-ring (bicyclic) bond motifs is 1. The molecule has 0 unspecified atom stereocenters. The summed E-state index contributed by atoms with van der Waals surface area (Å²) in [5.74, 6) is -0.0695. The Balaban J connectivity index is 1.29. The fourth-order valence-electron chi connectivity index (χ4n) is 7.49. The topological polar surface area (TPSA) is 124 Å². The van der Waals surface area contributed by atoms with E-state index in [9.17, 15) is 18.8 Å². The Hall–Kier alpha value is -2.98. The molecule has 2 heterocycles. The first-order valence-corrected chi connectivity index (χ1v) is 16.0. The number of hydrogen-bond donors (Lipinski definition) is 2. The van der Waals surface area contributed by atoms with Crippen molar-refractivity contribution in [3.8, 4) is 0 Å². The van der Waals surface area contributed by atoms with Crippen LogP contribution in [0.2, 0.25) is 0 Å². The van der Waals surface area contributed by atoms with Crippen LogP contribution in [0.1, 0.15) is 81.2 Å². The zero-order valence-electron chi connectivity index (χ0n) is 25.2. The molecule has 1 saturated heterocycles. The van der Waals surface area contributed by atoms with Crippen molar-refractivity contribution in [1.29, 1.82) is 0 Å². The van der Waals surface area contributed by atoms with Gasteiger partial charge in [-0.15, -0.1) is 0 Å². The number of ether oxygens (including phenoxy) is 2. The Kier molecular flexibility index (Phi) is 10.7. The molecule has 2 saturated carbocycles. The van der Waals surface area contributed by atoms with E-state index >= 15 is 0 Å². The van der Waals surface area contributed by atoms with Crippen molar-refractivity contribution >= 4 is 34.4 Å². The summed E-state index contributed by atoms with van der Waals surface area (Å²) in [5, 5.41) is 3.76. The molecule has 3 atom stereocenters. The van der Waals surface area contributed by atoms with Crippen LogP contribution in [-0.2, 0) is 19.1 Å². The maximum absolute atomic E-state index is 14.0. The fourth-order valence-corrected chi connectivity index (χ4v) is 7.49. The van der Waals surface area contributed by atoms with E-state index in [4.69, 9.17) is 19.6 Å². The Labute approximate surface area is 253 Å². The second kappa shape index (κ2) is 14.7. The average Bonchev–Trinajstić information content (AvgIpc) is 3.68. The first-order chi connectivity index (χ1) is 20.9. The third-order valence-electron chi connectivity index (χ3n) is 9.87. The number of nitrogens with one attached hydrogen (secondary N) is 1. The summed E-state index contributed by atoms with van der Waals surface area (Å²) < 4.78 is 29.1. The van der Waals surface area contributed by atoms with E-state index in [0.717, 1.165) is 44.9 Å². The van der Waals surface area contributed by atoms with Gasteiger partial charge < -0.3 is 29.8 Å². The van der Waals surface area contributed by atoms with Gasteiger partial charge in [0.25, 0.3) is 0 Å². The lowest BCUT2D eigenvalue weighted by Crippen LogP contribution is -2.50. The number of halogens is 1. The molecule has 1 aliphatic heterocycles. The van der Waals surface area contributed by atoms with Crippen LogP contribution in [0.25, 0.3) is 11.0 Å². The largest absolute Gasteiger partial charge is 0.460 e. The standard InChI is InChI=1S/C33H46FN3O6/c1-41-16-5-17-42-33(40)29-19-24-18-25(12-13-28(24)43-29)36-31(38)30-26(21-6-3-2-4-7-21)14-15-37(30)32(39)23-10-8-22(9-11-23)27(35)20-34/h12-13,18-19,21-23,26-27,30H,2-11,14-17,20,35H2,1H3,(H,36,38)/t22-,23-,26-,27+,30-/m0/s1. The molecule has 0 spiro atoms. The molecule has 10 heteroatoms. The average molecular weight is 600 g/mol. The second-order valence-corrected chi connectivity index (χ2v) is 12.6. The number of benzene rings is 1. The van der Waals surface area contributed by atoms with Crippen LogP contribution in [0.15, 0.2) is 28.7 Å². The van der Waals surface area contributed by atoms with Crippen LogP contribution in [0, 0.1) is 23.7 Å². The minimum absolute atomic E-state index is 0.0460. The monoisotopic (exact) mass is 599 g/mol. The number of nitrogens with zero attached hydrogens (tertiary/aromatic N) is 1. The van der Waals surface area contributed by atoms with E-state index in [1.165, 1.54) is 6.42 Å². The van der Waals surface area contributed by atoms with E-state index in [0.29, 0.717) is 55.0 Å². The Morgan fingerprint density at radius 1 is 1.05 bits per heavy atom. The molecule has 3 fully saturated rings. The Bertz CT molecular complexity index is 1250. The van der Waals surface area contributed by atoms with Gasteiger partial charge in [0.15, 0.2) is 0 Å². The van der Waals surface area contributed by atoms with Crippen molar-refractivity contribution in [2.75, 3.05) is 38.9 Å². The maximum atomic E-state index is 14.0. The van der Waals surface area contributed by atoms with Gasteiger partial charge in [-0.3, -0.25) is 9.59 Å². The fraction of sp³-hybridized carbons (Fsp3) is 0.667. The minimum Gasteiger partial charge on any atom is -0.460 e. The number of anilines is 1. The third-order valence-corrected chi connectivity index (χ3v) is 9.87. The molecule has 0 radical (unpaired) electrons. The molecule has 3 N–H and O–H groups in total. The highest BCUT2D eigenvalue weighted by atomic mass is 19.1. The predicted molar refractivity (Wildman–Crippen MR) is 161 cm³/mol. The van der Waals surface area contributed by atoms with Gasteiger partial charge in [-0.1, -0.05) is 32.1 Å². The number of methoxy groups -OCH3 is 1. The summed E-state index contributed by atoms with van der Waals surface area (Å²) in [5.41, 5.74) is 7.05. The summed E-state index contributed by atoms with van der Waals surface area (Å²) in [7, 11) is 1.59. The molecule has 5 rings (SSSR count). The van der Waals surface area contributed by atoms with Gasteiger partial charge in [0.1, 0.15) is 18.3 Å². The van der Waals surface area contributed by atoms with Crippen molar-refractivity contribution in [3.05, 3.63) is 30.0 Å². The van der Waals surface area contributed by atoms with Crippen LogP contribution >= 0.6 is 0 Å². The third kappa shape index (κ3) is 7.40. The number of esters is 1. The summed E-state index contributed by atoms with van der Waals surface area (Å²) in [4.78, 5) is 42.1. The molecular formula is C33H46FN3O6. The maximum Gasteiger partial charge on any atom is 0.374 e. The lowest BCUT2D eigenvalue weighted by molar-refractivity contribution is -0.142. The Morgan fingerprint density at radius 3 is 2.53 bits per heavy atom. The SMILES string of the molecule is COCCCOC(=O)c1cc2cc(NC(=O)[C@@H]3[C@H](C4CCCCC4)CCN3C(=O)[C@H]3CC[C@H]([C@H](N)CF)CC3)ccc2o1. The van der Waals surface area contributed by atoms with Crippen LogP contribution in [0.4, 0.5) is 10.1 Å². The lowest BCUT2D eigenvalue weighted by Gasteiger charge is -2.36. The zero-order valence-corrected chi connectivity index (χ0v) is 25.2. The molecule has 43 heavy (non-hydrogen) atoms. The van der Waals surface area contributed by atoms with Crippen molar-refractivity contribution in [3.63, 3.8) is 0 Å². The van der Waals surface area contributed by atoms with Crippen LogP contribution in [-0.4, -0.2) is 68.3 Å². The summed E-state index contributed by atoms with van der Waals surface area (Å²) >= 11 is 0. The smallest absolute Gasteiger partial charge is 0.374 e. The molecular weight excluding hydrogens is 553 g/mol. The number of carbonyl (C=O) groups excluding carboxylic acids is 3. The van der Waals surface area contributed by atoms with Crippen LogP contribution < -0.4 is 11.1 Å². The van der Waals surface area contributed by atoms with Gasteiger partial charge in [0.05, 0.1) is 6.61 Å². The highest BCUT2D eigenvalue weighted by Gasteiger charge is 2.47. The van der Waals surface area contributed by atoms with E-state index < -0.39 is 24.7 Å². The quantitative estimate of drug-likeness (QED) is 0.259. The first kappa shape index (κ1) is 31.4. The number of likely N-dealkylation sites (tertiary alicyclic amines) is 1. The van der Waals surface area contributed by atoms with Crippen LogP contribution in [0.3, 0.4) is 0 Å². The predicted octanol–water partition coefficient (Wildman–Crippen LogP) is 5.47. The zero-order chi connectivity index (χ0) is 30.3. The van der Waals surface area contributed by atoms with Gasteiger partial charge in [-0.2, -0.15) is 0 Å². The van der Waals surface area contributed by atoms with Crippen molar-refractivity contribution in [2.24, 2.45) is 29.4 Å². The number of alkyl halides is 1. The first-order valence-electron chi connectivity index (χ1n) is 16.0. The molecule has 2 aliphatic carbocycles. The Morgan fingerprint density at radius 2 is 1.81 bits per heavy atom. The van der Waals surface area contributed by atoms with Crippen molar-refractivity contribution in [1.82, 2.24) is 4.90 Å². The summed E-state index contributed by atoms with van der Waals surface area (Å²) in [6, 6.07) is 5.88. The molecule has 0 bridgehead atoms. The van der Waals surface area contributed by atoms with Gasteiger partial charge in [-0.25, -0.2) is 9.18 Å². The highest BCUT2D eigenvalue weighted by Crippen LogP contribution is 2.41. The number of furan rings is 1. The number of amides is 2.